The van der Waals surface area contributed by atoms with Gasteiger partial charge < -0.3 is 10.1 Å². The van der Waals surface area contributed by atoms with Gasteiger partial charge in [0.2, 0.25) is 5.16 Å². The number of ether oxygens (including phenoxy) is 1. The highest BCUT2D eigenvalue weighted by molar-refractivity contribution is 7.99. The SMILES string of the molecule is CCCSc1nnc2c(n1)N[C@H](c1cccc3ccccc13)Oc1ccccc1-2. The van der Waals surface area contributed by atoms with Crippen molar-refractivity contribution in [2.45, 2.75) is 24.7 Å². The minimum atomic E-state index is -0.385. The van der Waals surface area contributed by atoms with E-state index in [4.69, 9.17) is 9.72 Å². The Morgan fingerprint density at radius 1 is 0.966 bits per heavy atom. The molecule has 0 amide bonds. The number of benzene rings is 3. The van der Waals surface area contributed by atoms with Gasteiger partial charge in [0.1, 0.15) is 11.4 Å². The number of hydrogen-bond donors (Lipinski definition) is 1. The van der Waals surface area contributed by atoms with E-state index >= 15 is 0 Å². The van der Waals surface area contributed by atoms with Crippen LogP contribution in [0.2, 0.25) is 0 Å². The first-order valence-electron chi connectivity index (χ1n) is 9.71. The second-order valence-corrected chi connectivity index (χ2v) is 7.91. The maximum absolute atomic E-state index is 6.43. The van der Waals surface area contributed by atoms with Crippen molar-refractivity contribution in [2.24, 2.45) is 0 Å². The van der Waals surface area contributed by atoms with Crippen molar-refractivity contribution in [2.75, 3.05) is 11.1 Å². The lowest BCUT2D eigenvalue weighted by molar-refractivity contribution is 0.239. The normalized spacial score (nSPS) is 15.0. The number of aromatic nitrogens is 3. The molecule has 29 heavy (non-hydrogen) atoms. The molecule has 5 rings (SSSR count). The topological polar surface area (TPSA) is 59.9 Å². The Bertz CT molecular complexity index is 1180. The van der Waals surface area contributed by atoms with E-state index in [1.165, 1.54) is 5.39 Å². The lowest BCUT2D eigenvalue weighted by atomic mass is 10.0. The van der Waals surface area contributed by atoms with Gasteiger partial charge in [-0.1, -0.05) is 73.3 Å². The molecule has 2 heterocycles. The van der Waals surface area contributed by atoms with Crippen LogP contribution in [0.4, 0.5) is 5.82 Å². The number of hydrogen-bond acceptors (Lipinski definition) is 6. The van der Waals surface area contributed by atoms with Gasteiger partial charge in [0.05, 0.1) is 0 Å². The zero-order chi connectivity index (χ0) is 19.6. The smallest absolute Gasteiger partial charge is 0.211 e. The Morgan fingerprint density at radius 3 is 2.72 bits per heavy atom. The summed E-state index contributed by atoms with van der Waals surface area (Å²) < 4.78 is 6.43. The fourth-order valence-electron chi connectivity index (χ4n) is 3.51. The van der Waals surface area contributed by atoms with Crippen LogP contribution in [0.1, 0.15) is 25.1 Å². The third-order valence-corrected chi connectivity index (χ3v) is 5.91. The van der Waals surface area contributed by atoms with E-state index in [0.29, 0.717) is 16.7 Å². The minimum Gasteiger partial charge on any atom is -0.466 e. The molecule has 0 spiro atoms. The lowest BCUT2D eigenvalue weighted by Gasteiger charge is -2.21. The molecule has 0 aliphatic carbocycles. The molecule has 1 aliphatic rings. The summed E-state index contributed by atoms with van der Waals surface area (Å²) in [7, 11) is 0. The number of nitrogens with one attached hydrogen (secondary N) is 1. The summed E-state index contributed by atoms with van der Waals surface area (Å²) in [6.45, 7) is 2.14. The Labute approximate surface area is 173 Å². The van der Waals surface area contributed by atoms with Gasteiger partial charge in [0.25, 0.3) is 0 Å². The second kappa shape index (κ2) is 7.72. The first-order chi connectivity index (χ1) is 14.3. The molecule has 1 atom stereocenters. The summed E-state index contributed by atoms with van der Waals surface area (Å²) in [5.74, 6) is 2.42. The number of anilines is 1. The van der Waals surface area contributed by atoms with E-state index in [2.05, 4.69) is 52.8 Å². The van der Waals surface area contributed by atoms with E-state index in [1.54, 1.807) is 11.8 Å². The second-order valence-electron chi connectivity index (χ2n) is 6.85. The largest absolute Gasteiger partial charge is 0.466 e. The molecule has 1 aliphatic heterocycles. The Balaban J connectivity index is 1.65. The monoisotopic (exact) mass is 400 g/mol. The zero-order valence-electron chi connectivity index (χ0n) is 16.0. The van der Waals surface area contributed by atoms with Crippen molar-refractivity contribution in [3.8, 4) is 17.0 Å². The van der Waals surface area contributed by atoms with Crippen molar-refractivity contribution in [1.29, 1.82) is 0 Å². The number of para-hydroxylation sites is 1. The molecule has 3 aromatic carbocycles. The van der Waals surface area contributed by atoms with E-state index in [9.17, 15) is 0 Å². The Morgan fingerprint density at radius 2 is 1.79 bits per heavy atom. The van der Waals surface area contributed by atoms with Crippen LogP contribution >= 0.6 is 11.8 Å². The number of thioether (sulfide) groups is 1. The van der Waals surface area contributed by atoms with Gasteiger partial charge >= 0.3 is 0 Å². The maximum atomic E-state index is 6.43. The highest BCUT2D eigenvalue weighted by Crippen LogP contribution is 2.40. The summed E-state index contributed by atoms with van der Waals surface area (Å²) in [5, 5.41) is 15.3. The zero-order valence-corrected chi connectivity index (χ0v) is 16.8. The highest BCUT2D eigenvalue weighted by atomic mass is 32.2. The molecule has 6 heteroatoms. The van der Waals surface area contributed by atoms with Gasteiger partial charge in [-0.2, -0.15) is 0 Å². The fraction of sp³-hybridized carbons (Fsp3) is 0.174. The summed E-state index contributed by atoms with van der Waals surface area (Å²) in [4.78, 5) is 4.76. The van der Waals surface area contributed by atoms with E-state index in [0.717, 1.165) is 34.4 Å². The molecule has 5 nitrogen and oxygen atoms in total. The van der Waals surface area contributed by atoms with E-state index < -0.39 is 0 Å². The van der Waals surface area contributed by atoms with E-state index in [1.807, 2.05) is 36.4 Å². The van der Waals surface area contributed by atoms with Crippen LogP contribution in [0.25, 0.3) is 22.0 Å². The predicted octanol–water partition coefficient (Wildman–Crippen LogP) is 5.70. The van der Waals surface area contributed by atoms with Gasteiger partial charge in [0.15, 0.2) is 12.0 Å². The molecular weight excluding hydrogens is 380 g/mol. The third kappa shape index (κ3) is 3.40. The van der Waals surface area contributed by atoms with Crippen LogP contribution in [-0.2, 0) is 0 Å². The average Bonchev–Trinajstić information content (AvgIpc) is 2.93. The molecule has 0 radical (unpaired) electrons. The van der Waals surface area contributed by atoms with Gasteiger partial charge in [-0.05, 0) is 29.3 Å². The number of nitrogens with zero attached hydrogens (tertiary/aromatic N) is 3. The Hall–Kier alpha value is -3.12. The van der Waals surface area contributed by atoms with Gasteiger partial charge in [0, 0.05) is 16.9 Å². The lowest BCUT2D eigenvalue weighted by Crippen LogP contribution is -2.18. The molecular formula is C23H20N4OS. The molecule has 0 bridgehead atoms. The Kier molecular flexibility index (Phi) is 4.77. The summed E-state index contributed by atoms with van der Waals surface area (Å²) in [5.41, 5.74) is 2.67. The van der Waals surface area contributed by atoms with Crippen LogP contribution in [0.3, 0.4) is 0 Å². The van der Waals surface area contributed by atoms with Gasteiger partial charge in [-0.15, -0.1) is 10.2 Å². The molecule has 0 fully saturated rings. The molecule has 0 saturated heterocycles. The standard InChI is InChI=1S/C23H20N4OS/c1-2-14-29-23-25-21-20(26-27-23)18-11-5-6-13-19(18)28-22(24-21)17-12-7-9-15-8-3-4-10-16(15)17/h3-13,22H,2,14H2,1H3,(H,24,25,27)/t22-/m0/s1. The molecule has 4 aromatic rings. The molecule has 1 N–H and O–H groups in total. The summed E-state index contributed by atoms with van der Waals surface area (Å²) in [6.07, 6.45) is 0.674. The number of fused-ring (bicyclic) bond motifs is 4. The van der Waals surface area contributed by atoms with Gasteiger partial charge in [-0.3, -0.25) is 0 Å². The van der Waals surface area contributed by atoms with Crippen LogP contribution in [0.5, 0.6) is 5.75 Å². The van der Waals surface area contributed by atoms with Crippen LogP contribution < -0.4 is 10.1 Å². The van der Waals surface area contributed by atoms with Crippen molar-refractivity contribution >= 4 is 28.4 Å². The van der Waals surface area contributed by atoms with Crippen molar-refractivity contribution in [3.63, 3.8) is 0 Å². The molecule has 1 aromatic heterocycles. The van der Waals surface area contributed by atoms with Crippen molar-refractivity contribution in [3.05, 3.63) is 72.3 Å². The highest BCUT2D eigenvalue weighted by Gasteiger charge is 2.26. The average molecular weight is 401 g/mol. The van der Waals surface area contributed by atoms with Crippen LogP contribution in [0, 0.1) is 0 Å². The van der Waals surface area contributed by atoms with Crippen molar-refractivity contribution in [1.82, 2.24) is 15.2 Å². The first-order valence-corrected chi connectivity index (χ1v) is 10.7. The number of rotatable bonds is 4. The van der Waals surface area contributed by atoms with Crippen LogP contribution in [0.15, 0.2) is 71.9 Å². The van der Waals surface area contributed by atoms with Crippen LogP contribution in [-0.4, -0.2) is 20.9 Å². The summed E-state index contributed by atoms with van der Waals surface area (Å²) in [6, 6.07) is 22.5. The summed E-state index contributed by atoms with van der Waals surface area (Å²) >= 11 is 1.62. The minimum absolute atomic E-state index is 0.385. The quantitative estimate of drug-likeness (QED) is 0.444. The molecule has 144 valence electrons. The van der Waals surface area contributed by atoms with E-state index in [-0.39, 0.29) is 6.23 Å². The fourth-order valence-corrected chi connectivity index (χ4v) is 4.15. The molecule has 0 saturated carbocycles. The first kappa shape index (κ1) is 17.9. The predicted molar refractivity (Wildman–Crippen MR) is 117 cm³/mol. The molecule has 0 unspecified atom stereocenters. The van der Waals surface area contributed by atoms with Crippen molar-refractivity contribution < 1.29 is 4.74 Å². The van der Waals surface area contributed by atoms with Gasteiger partial charge in [-0.25, -0.2) is 4.98 Å². The third-order valence-electron chi connectivity index (χ3n) is 4.86. The maximum Gasteiger partial charge on any atom is 0.211 e.